The number of piperazine rings is 1. The Morgan fingerprint density at radius 1 is 0.860 bits per heavy atom. The van der Waals surface area contributed by atoms with Gasteiger partial charge in [0.1, 0.15) is 11.6 Å². The number of hydrogen-bond donors (Lipinski definition) is 3. The van der Waals surface area contributed by atoms with Crippen molar-refractivity contribution in [3.63, 3.8) is 0 Å². The Balaban J connectivity index is 1.10. The highest BCUT2D eigenvalue weighted by Crippen LogP contribution is 2.30. The lowest BCUT2D eigenvalue weighted by Crippen LogP contribution is -2.60. The van der Waals surface area contributed by atoms with E-state index in [-0.39, 0.29) is 24.2 Å². The molecule has 3 N–H and O–H groups in total. The number of aromatic nitrogens is 2. The maximum atomic E-state index is 12.7. The Morgan fingerprint density at radius 2 is 1.44 bits per heavy atom. The van der Waals surface area contributed by atoms with Gasteiger partial charge >= 0.3 is 6.03 Å². The van der Waals surface area contributed by atoms with Crippen molar-refractivity contribution in [2.24, 2.45) is 0 Å². The maximum Gasteiger partial charge on any atom is 0.323 e. The molecule has 0 saturated carbocycles. The lowest BCUT2D eigenvalue weighted by Gasteiger charge is -2.46. The number of benzene rings is 2. The fourth-order valence-electron chi connectivity index (χ4n) is 5.79. The van der Waals surface area contributed by atoms with Gasteiger partial charge < -0.3 is 35.2 Å². The number of carbonyl (C=O) groups is 1. The molecule has 3 aliphatic rings. The second kappa shape index (κ2) is 13.3. The average molecular weight is 587 g/mol. The van der Waals surface area contributed by atoms with E-state index in [1.807, 2.05) is 42.5 Å². The predicted octanol–water partition coefficient (Wildman–Crippen LogP) is 3.96. The number of amides is 2. The largest absolute Gasteiger partial charge is 0.377 e. The van der Waals surface area contributed by atoms with Gasteiger partial charge in [-0.2, -0.15) is 0 Å². The minimum atomic E-state index is -0.290. The molecule has 1 aromatic heterocycles. The molecule has 0 spiro atoms. The molecular formula is C32H42N8O3. The van der Waals surface area contributed by atoms with Crippen molar-refractivity contribution in [2.45, 2.75) is 38.5 Å². The average Bonchev–Trinajstić information content (AvgIpc) is 2.99. The predicted molar refractivity (Wildman–Crippen MR) is 170 cm³/mol. The number of likely N-dealkylation sites (N-methyl/N-ethyl adjacent to an activating group) is 1. The molecule has 4 heterocycles. The molecule has 228 valence electrons. The van der Waals surface area contributed by atoms with Gasteiger partial charge in [-0.15, -0.1) is 0 Å². The second-order valence-corrected chi connectivity index (χ2v) is 12.0. The first-order valence-electron chi connectivity index (χ1n) is 15.2. The summed E-state index contributed by atoms with van der Waals surface area (Å²) in [4.78, 5) is 29.7. The summed E-state index contributed by atoms with van der Waals surface area (Å²) in [5.41, 5.74) is 3.55. The number of fused-ring (bicyclic) bond motifs is 2. The summed E-state index contributed by atoms with van der Waals surface area (Å²) in [6.45, 7) is 11.9. The zero-order chi connectivity index (χ0) is 29.8. The number of nitrogens with one attached hydrogen (secondary N) is 3. The van der Waals surface area contributed by atoms with Gasteiger partial charge in [-0.05, 0) is 62.9 Å². The summed E-state index contributed by atoms with van der Waals surface area (Å²) in [7, 11) is 2.16. The molecule has 0 atom stereocenters. The summed E-state index contributed by atoms with van der Waals surface area (Å²) in [5.74, 6) is 2.27. The van der Waals surface area contributed by atoms with E-state index < -0.39 is 0 Å². The van der Waals surface area contributed by atoms with E-state index in [1.165, 1.54) is 5.56 Å². The topological polar surface area (TPSA) is 107 Å². The quantitative estimate of drug-likeness (QED) is 0.362. The number of nitrogens with zero attached hydrogens (tertiary/aromatic N) is 5. The van der Waals surface area contributed by atoms with Gasteiger partial charge in [0.25, 0.3) is 0 Å². The summed E-state index contributed by atoms with van der Waals surface area (Å²) in [6.07, 6.45) is 0. The molecule has 3 fully saturated rings. The number of hydrogen-bond acceptors (Lipinski definition) is 9. The molecule has 11 heteroatoms. The van der Waals surface area contributed by atoms with Crippen LogP contribution in [-0.2, 0) is 16.0 Å². The van der Waals surface area contributed by atoms with E-state index in [1.54, 1.807) is 0 Å². The van der Waals surface area contributed by atoms with Crippen molar-refractivity contribution >= 4 is 29.0 Å². The number of rotatable bonds is 8. The minimum absolute atomic E-state index is 0.125. The Bertz CT molecular complexity index is 1350. The first kappa shape index (κ1) is 29.3. The molecule has 0 aliphatic carbocycles. The van der Waals surface area contributed by atoms with Crippen LogP contribution in [0.5, 0.6) is 0 Å². The molecule has 11 nitrogen and oxygen atoms in total. The highest BCUT2D eigenvalue weighted by Gasteiger charge is 2.36. The maximum absolute atomic E-state index is 12.7. The monoisotopic (exact) mass is 586 g/mol. The van der Waals surface area contributed by atoms with Crippen LogP contribution in [0.15, 0.2) is 54.6 Å². The molecule has 0 unspecified atom stereocenters. The molecule has 43 heavy (non-hydrogen) atoms. The van der Waals surface area contributed by atoms with Crippen LogP contribution in [0.1, 0.15) is 19.4 Å². The zero-order valence-corrected chi connectivity index (χ0v) is 25.3. The fraction of sp³-hybridized carbons (Fsp3) is 0.469. The highest BCUT2D eigenvalue weighted by atomic mass is 16.5. The second-order valence-electron chi connectivity index (χ2n) is 12.0. The van der Waals surface area contributed by atoms with Crippen molar-refractivity contribution in [1.82, 2.24) is 19.8 Å². The molecular weight excluding hydrogens is 544 g/mol. The van der Waals surface area contributed by atoms with Gasteiger partial charge in [0.15, 0.2) is 5.82 Å². The fourth-order valence-corrected chi connectivity index (χ4v) is 5.79. The molecule has 2 aromatic carbocycles. The standard InChI is InChI=1S/C32H42N8O3/c1-22(2)33-29-16-30(40-27-18-42-20-28(40)21-43-19-27)37-31(36-29)24-6-10-26(11-7-24)35-32(41)34-25-8-4-23(5-9-25)17-39-14-12-38(3)13-15-39/h4-11,16,22,27-28H,12-15,17-21H2,1-3H3,(H,33,36,37)(H2,34,35,41). The molecule has 2 amide bonds. The van der Waals surface area contributed by atoms with Gasteiger partial charge in [0, 0.05) is 61.8 Å². The van der Waals surface area contributed by atoms with Crippen molar-refractivity contribution in [1.29, 1.82) is 0 Å². The van der Waals surface area contributed by atoms with Crippen LogP contribution in [0, 0.1) is 0 Å². The van der Waals surface area contributed by atoms with Crippen LogP contribution in [0.2, 0.25) is 0 Å². The smallest absolute Gasteiger partial charge is 0.323 e. The van der Waals surface area contributed by atoms with E-state index in [0.29, 0.717) is 37.9 Å². The Morgan fingerprint density at radius 3 is 2.02 bits per heavy atom. The third kappa shape index (κ3) is 7.42. The van der Waals surface area contributed by atoms with Crippen molar-refractivity contribution < 1.29 is 14.3 Å². The minimum Gasteiger partial charge on any atom is -0.377 e. The van der Waals surface area contributed by atoms with Crippen LogP contribution < -0.4 is 20.9 Å². The van der Waals surface area contributed by atoms with Crippen molar-refractivity contribution in [3.8, 4) is 11.4 Å². The normalized spacial score (nSPS) is 21.1. The van der Waals surface area contributed by atoms with Gasteiger partial charge in [-0.1, -0.05) is 12.1 Å². The number of carbonyl (C=O) groups excluding carboxylic acids is 1. The molecule has 0 radical (unpaired) electrons. The summed E-state index contributed by atoms with van der Waals surface area (Å²) >= 11 is 0. The number of ether oxygens (including phenoxy) is 2. The number of anilines is 4. The van der Waals surface area contributed by atoms with Gasteiger partial charge in [-0.25, -0.2) is 14.8 Å². The Kier molecular flexibility index (Phi) is 9.03. The SMILES string of the molecule is CC(C)Nc1cc(N2C3COCC2COC3)nc(-c2ccc(NC(=O)Nc3ccc(CN4CCN(C)CC4)cc3)cc2)n1. The van der Waals surface area contributed by atoms with Gasteiger partial charge in [-0.3, -0.25) is 4.90 Å². The van der Waals surface area contributed by atoms with Gasteiger partial charge in [0.2, 0.25) is 0 Å². The zero-order valence-electron chi connectivity index (χ0n) is 25.3. The summed E-state index contributed by atoms with van der Waals surface area (Å²) < 4.78 is 11.6. The van der Waals surface area contributed by atoms with Crippen LogP contribution in [0.25, 0.3) is 11.4 Å². The molecule has 6 rings (SSSR count). The molecule has 3 saturated heterocycles. The molecule has 3 aliphatic heterocycles. The first-order chi connectivity index (χ1) is 20.9. The summed E-state index contributed by atoms with van der Waals surface area (Å²) in [6, 6.07) is 17.9. The van der Waals surface area contributed by atoms with E-state index in [2.05, 4.69) is 63.7 Å². The first-order valence-corrected chi connectivity index (χ1v) is 15.2. The van der Waals surface area contributed by atoms with Crippen LogP contribution >= 0.6 is 0 Å². The summed E-state index contributed by atoms with van der Waals surface area (Å²) in [5, 5.41) is 9.30. The Labute approximate surface area is 253 Å². The van der Waals surface area contributed by atoms with E-state index in [0.717, 1.165) is 55.6 Å². The van der Waals surface area contributed by atoms with Crippen molar-refractivity contribution in [2.75, 3.05) is 80.5 Å². The Hall–Kier alpha value is -3.77. The van der Waals surface area contributed by atoms with E-state index in [4.69, 9.17) is 19.4 Å². The third-order valence-corrected chi connectivity index (χ3v) is 8.06. The van der Waals surface area contributed by atoms with E-state index >= 15 is 0 Å². The van der Waals surface area contributed by atoms with Gasteiger partial charge in [0.05, 0.1) is 38.5 Å². The van der Waals surface area contributed by atoms with Crippen LogP contribution in [-0.4, -0.2) is 104 Å². The number of urea groups is 1. The van der Waals surface area contributed by atoms with Crippen molar-refractivity contribution in [3.05, 3.63) is 60.2 Å². The molecule has 3 aromatic rings. The lowest BCUT2D eigenvalue weighted by molar-refractivity contribution is -0.0350. The lowest BCUT2D eigenvalue weighted by atomic mass is 10.1. The molecule has 2 bridgehead atoms. The third-order valence-electron chi connectivity index (χ3n) is 8.06. The van der Waals surface area contributed by atoms with Crippen LogP contribution in [0.3, 0.4) is 0 Å². The number of morpholine rings is 2. The highest BCUT2D eigenvalue weighted by molar-refractivity contribution is 5.99. The van der Waals surface area contributed by atoms with E-state index in [9.17, 15) is 4.79 Å². The van der Waals surface area contributed by atoms with Crippen LogP contribution in [0.4, 0.5) is 27.8 Å².